The standard InChI is InChI=1S/C19H17Cl2NO/c20-15-7-5-14(18(21)11-15)12-23-19-8-6-13-3-1-2-4-16(13)17(19)9-10-22/h1-8,11H,9-10,12,22H2. The molecule has 3 aromatic carbocycles. The number of benzene rings is 3. The van der Waals surface area contributed by atoms with Crippen molar-refractivity contribution in [1.82, 2.24) is 0 Å². The summed E-state index contributed by atoms with van der Waals surface area (Å²) in [5, 5.41) is 3.59. The van der Waals surface area contributed by atoms with Crippen LogP contribution in [0.2, 0.25) is 10.0 Å². The molecule has 0 heterocycles. The third-order valence-corrected chi connectivity index (χ3v) is 4.38. The molecule has 0 radical (unpaired) electrons. The van der Waals surface area contributed by atoms with Crippen molar-refractivity contribution >= 4 is 34.0 Å². The lowest BCUT2D eigenvalue weighted by Crippen LogP contribution is -2.06. The summed E-state index contributed by atoms with van der Waals surface area (Å²) in [4.78, 5) is 0. The predicted octanol–water partition coefficient (Wildman–Crippen LogP) is 5.23. The van der Waals surface area contributed by atoms with E-state index in [1.54, 1.807) is 6.07 Å². The van der Waals surface area contributed by atoms with E-state index in [1.165, 1.54) is 10.8 Å². The molecule has 0 spiro atoms. The molecule has 0 bridgehead atoms. The molecule has 118 valence electrons. The van der Waals surface area contributed by atoms with Crippen LogP contribution in [0.15, 0.2) is 54.6 Å². The molecule has 0 atom stereocenters. The highest BCUT2D eigenvalue weighted by molar-refractivity contribution is 6.35. The van der Waals surface area contributed by atoms with Gasteiger partial charge in [0.25, 0.3) is 0 Å². The van der Waals surface area contributed by atoms with Crippen LogP contribution in [0.25, 0.3) is 10.8 Å². The third-order valence-electron chi connectivity index (χ3n) is 3.79. The summed E-state index contributed by atoms with van der Waals surface area (Å²) in [6, 6.07) is 17.7. The van der Waals surface area contributed by atoms with Crippen LogP contribution in [0.1, 0.15) is 11.1 Å². The normalized spacial score (nSPS) is 10.9. The van der Waals surface area contributed by atoms with Gasteiger partial charge < -0.3 is 10.5 Å². The van der Waals surface area contributed by atoms with Crippen LogP contribution >= 0.6 is 23.2 Å². The Morgan fingerprint density at radius 1 is 0.957 bits per heavy atom. The van der Waals surface area contributed by atoms with E-state index < -0.39 is 0 Å². The average Bonchev–Trinajstić information content (AvgIpc) is 2.55. The number of halogens is 2. The van der Waals surface area contributed by atoms with Crippen LogP contribution in [-0.4, -0.2) is 6.54 Å². The van der Waals surface area contributed by atoms with Gasteiger partial charge in [0.15, 0.2) is 0 Å². The van der Waals surface area contributed by atoms with Gasteiger partial charge in [0, 0.05) is 21.2 Å². The average molecular weight is 346 g/mol. The second-order valence-corrected chi connectivity index (χ2v) is 6.17. The molecule has 0 aliphatic carbocycles. The Kier molecular flexibility index (Phi) is 5.06. The van der Waals surface area contributed by atoms with E-state index in [0.29, 0.717) is 23.2 Å². The van der Waals surface area contributed by atoms with Gasteiger partial charge in [-0.15, -0.1) is 0 Å². The molecule has 2 N–H and O–H groups in total. The van der Waals surface area contributed by atoms with E-state index in [9.17, 15) is 0 Å². The summed E-state index contributed by atoms with van der Waals surface area (Å²) >= 11 is 12.1. The Balaban J connectivity index is 1.91. The maximum Gasteiger partial charge on any atom is 0.123 e. The summed E-state index contributed by atoms with van der Waals surface area (Å²) < 4.78 is 6.02. The topological polar surface area (TPSA) is 35.2 Å². The molecule has 23 heavy (non-hydrogen) atoms. The van der Waals surface area contributed by atoms with Crippen LogP contribution in [0.4, 0.5) is 0 Å². The van der Waals surface area contributed by atoms with Crippen molar-refractivity contribution in [2.75, 3.05) is 6.54 Å². The number of ether oxygens (including phenoxy) is 1. The maximum atomic E-state index is 6.21. The van der Waals surface area contributed by atoms with Gasteiger partial charge >= 0.3 is 0 Å². The second kappa shape index (κ2) is 7.22. The minimum atomic E-state index is 0.395. The Labute approximate surface area is 145 Å². The number of hydrogen-bond acceptors (Lipinski definition) is 2. The summed E-state index contributed by atoms with van der Waals surface area (Å²) in [6.45, 7) is 0.970. The highest BCUT2D eigenvalue weighted by Gasteiger charge is 2.09. The van der Waals surface area contributed by atoms with Crippen LogP contribution in [-0.2, 0) is 13.0 Å². The molecule has 0 aliphatic heterocycles. The molecule has 4 heteroatoms. The molecule has 3 rings (SSSR count). The van der Waals surface area contributed by atoms with E-state index in [2.05, 4.69) is 18.2 Å². The highest BCUT2D eigenvalue weighted by atomic mass is 35.5. The van der Waals surface area contributed by atoms with Crippen LogP contribution < -0.4 is 10.5 Å². The monoisotopic (exact) mass is 345 g/mol. The zero-order valence-electron chi connectivity index (χ0n) is 12.6. The second-order valence-electron chi connectivity index (χ2n) is 5.33. The SMILES string of the molecule is NCCc1c(OCc2ccc(Cl)cc2Cl)ccc2ccccc12. The number of rotatable bonds is 5. The summed E-state index contributed by atoms with van der Waals surface area (Å²) in [5.41, 5.74) is 7.82. The molecule has 0 aliphatic rings. The molecule has 2 nitrogen and oxygen atoms in total. The molecular weight excluding hydrogens is 329 g/mol. The minimum absolute atomic E-state index is 0.395. The molecule has 0 unspecified atom stereocenters. The third kappa shape index (κ3) is 3.61. The lowest BCUT2D eigenvalue weighted by molar-refractivity contribution is 0.303. The van der Waals surface area contributed by atoms with Gasteiger partial charge in [-0.1, -0.05) is 59.6 Å². The van der Waals surface area contributed by atoms with E-state index in [4.69, 9.17) is 33.7 Å². The lowest BCUT2D eigenvalue weighted by Gasteiger charge is -2.14. The summed E-state index contributed by atoms with van der Waals surface area (Å²) in [7, 11) is 0. The Morgan fingerprint density at radius 2 is 1.78 bits per heavy atom. The minimum Gasteiger partial charge on any atom is -0.489 e. The lowest BCUT2D eigenvalue weighted by atomic mass is 10.0. The van der Waals surface area contributed by atoms with Gasteiger partial charge in [0.05, 0.1) is 0 Å². The summed E-state index contributed by atoms with van der Waals surface area (Å²) in [6.07, 6.45) is 0.769. The largest absolute Gasteiger partial charge is 0.489 e. The van der Waals surface area contributed by atoms with Gasteiger partial charge in [0.1, 0.15) is 12.4 Å². The van der Waals surface area contributed by atoms with E-state index in [1.807, 2.05) is 30.3 Å². The fourth-order valence-corrected chi connectivity index (χ4v) is 3.11. The Morgan fingerprint density at radius 3 is 2.57 bits per heavy atom. The highest BCUT2D eigenvalue weighted by Crippen LogP contribution is 2.30. The van der Waals surface area contributed by atoms with Gasteiger partial charge in [-0.25, -0.2) is 0 Å². The van der Waals surface area contributed by atoms with Gasteiger partial charge in [-0.3, -0.25) is 0 Å². The van der Waals surface area contributed by atoms with Crippen molar-refractivity contribution in [2.24, 2.45) is 5.73 Å². The fraction of sp³-hybridized carbons (Fsp3) is 0.158. The quantitative estimate of drug-likeness (QED) is 0.687. The van der Waals surface area contributed by atoms with E-state index in [-0.39, 0.29) is 0 Å². The summed E-state index contributed by atoms with van der Waals surface area (Å²) in [5.74, 6) is 0.847. The van der Waals surface area contributed by atoms with Crippen molar-refractivity contribution in [2.45, 2.75) is 13.0 Å². The number of fused-ring (bicyclic) bond motifs is 1. The van der Waals surface area contributed by atoms with Crippen LogP contribution in [0.3, 0.4) is 0 Å². The molecule has 0 amide bonds. The smallest absolute Gasteiger partial charge is 0.123 e. The predicted molar refractivity (Wildman–Crippen MR) is 97.5 cm³/mol. The first-order chi connectivity index (χ1) is 11.2. The molecule has 0 saturated heterocycles. The zero-order chi connectivity index (χ0) is 16.2. The maximum absolute atomic E-state index is 6.21. The van der Waals surface area contributed by atoms with Gasteiger partial charge in [0.2, 0.25) is 0 Å². The molecular formula is C19H17Cl2NO. The first kappa shape index (κ1) is 16.1. The van der Waals surface area contributed by atoms with Crippen LogP contribution in [0, 0.1) is 0 Å². The zero-order valence-corrected chi connectivity index (χ0v) is 14.1. The van der Waals surface area contributed by atoms with Crippen molar-refractivity contribution in [3.05, 3.63) is 75.8 Å². The fourth-order valence-electron chi connectivity index (χ4n) is 2.65. The van der Waals surface area contributed by atoms with Crippen molar-refractivity contribution in [1.29, 1.82) is 0 Å². The van der Waals surface area contributed by atoms with Crippen molar-refractivity contribution in [3.8, 4) is 5.75 Å². The molecule has 0 fully saturated rings. The van der Waals surface area contributed by atoms with Crippen molar-refractivity contribution in [3.63, 3.8) is 0 Å². The first-order valence-electron chi connectivity index (χ1n) is 7.46. The molecule has 0 saturated carbocycles. The van der Waals surface area contributed by atoms with Crippen molar-refractivity contribution < 1.29 is 4.74 Å². The van der Waals surface area contributed by atoms with Gasteiger partial charge in [-0.05, 0) is 41.9 Å². The Bertz CT molecular complexity index is 833. The number of nitrogens with two attached hydrogens (primary N) is 1. The van der Waals surface area contributed by atoms with E-state index >= 15 is 0 Å². The molecule has 0 aromatic heterocycles. The first-order valence-corrected chi connectivity index (χ1v) is 8.22. The van der Waals surface area contributed by atoms with E-state index in [0.717, 1.165) is 23.3 Å². The van der Waals surface area contributed by atoms with Crippen LogP contribution in [0.5, 0.6) is 5.75 Å². The molecule has 3 aromatic rings. The van der Waals surface area contributed by atoms with Gasteiger partial charge in [-0.2, -0.15) is 0 Å². The number of hydrogen-bond donors (Lipinski definition) is 1. The Hall–Kier alpha value is -1.74.